The highest BCUT2D eigenvalue weighted by atomic mass is 32.2. The molecule has 2 bridgehead atoms. The van der Waals surface area contributed by atoms with Crippen LogP contribution in [0.5, 0.6) is 0 Å². The van der Waals surface area contributed by atoms with Crippen LogP contribution in [-0.4, -0.2) is 98.2 Å². The molecule has 57 heavy (non-hydrogen) atoms. The van der Waals surface area contributed by atoms with Crippen LogP contribution in [0.25, 0.3) is 11.3 Å². The van der Waals surface area contributed by atoms with Gasteiger partial charge in [-0.05, 0) is 98.5 Å². The van der Waals surface area contributed by atoms with E-state index in [1.54, 1.807) is 6.33 Å². The fourth-order valence-corrected chi connectivity index (χ4v) is 11.5. The van der Waals surface area contributed by atoms with E-state index in [4.69, 9.17) is 14.5 Å². The van der Waals surface area contributed by atoms with Crippen LogP contribution in [0.2, 0.25) is 0 Å². The average Bonchev–Trinajstić information content (AvgIpc) is 4.08. The lowest BCUT2D eigenvalue weighted by molar-refractivity contribution is -0.135. The third kappa shape index (κ3) is 8.94. The summed E-state index contributed by atoms with van der Waals surface area (Å²) < 4.78 is 10.2. The molecule has 3 atom stereocenters. The van der Waals surface area contributed by atoms with Gasteiger partial charge in [-0.1, -0.05) is 52.0 Å². The number of carbonyl (C=O) groups is 3. The number of methoxy groups -OCH3 is 1. The number of imidazole rings is 2. The van der Waals surface area contributed by atoms with Crippen LogP contribution in [0, 0.1) is 17.8 Å². The van der Waals surface area contributed by atoms with Gasteiger partial charge in [0.05, 0.1) is 36.7 Å². The van der Waals surface area contributed by atoms with Gasteiger partial charge in [0.25, 0.3) is 0 Å². The van der Waals surface area contributed by atoms with Crippen LogP contribution in [0.3, 0.4) is 0 Å². The van der Waals surface area contributed by atoms with Crippen LogP contribution in [0.4, 0.5) is 4.79 Å². The number of ether oxygens (including phenoxy) is 2. The fourth-order valence-electron chi connectivity index (χ4n) is 10.0. The minimum Gasteiger partial charge on any atom is -0.453 e. The van der Waals surface area contributed by atoms with E-state index in [0.717, 1.165) is 82.0 Å². The van der Waals surface area contributed by atoms with E-state index in [1.807, 2.05) is 42.9 Å². The normalized spacial score (nSPS) is 26.7. The van der Waals surface area contributed by atoms with E-state index < -0.39 is 12.1 Å². The molecule has 3 N–H and O–H groups in total. The van der Waals surface area contributed by atoms with Crippen molar-refractivity contribution in [1.29, 1.82) is 0 Å². The Hall–Kier alpha value is -3.84. The Morgan fingerprint density at radius 2 is 1.65 bits per heavy atom. The second-order valence-electron chi connectivity index (χ2n) is 17.7. The summed E-state index contributed by atoms with van der Waals surface area (Å²) in [6.45, 7) is 11.5. The second kappa shape index (κ2) is 18.0. The highest BCUT2D eigenvalue weighted by molar-refractivity contribution is 8.00. The summed E-state index contributed by atoms with van der Waals surface area (Å²) in [5.41, 5.74) is 5.27. The summed E-state index contributed by atoms with van der Waals surface area (Å²) in [5.74, 6) is 3.30. The Labute approximate surface area is 342 Å². The molecule has 3 aromatic rings. The number of alkyl carbamates (subject to hydrolysis) is 1. The van der Waals surface area contributed by atoms with Crippen molar-refractivity contribution in [2.75, 3.05) is 39.2 Å². The van der Waals surface area contributed by atoms with Crippen molar-refractivity contribution >= 4 is 29.7 Å². The van der Waals surface area contributed by atoms with Gasteiger partial charge in [0, 0.05) is 55.8 Å². The van der Waals surface area contributed by atoms with Gasteiger partial charge in [-0.15, -0.1) is 11.8 Å². The average molecular weight is 802 g/mol. The zero-order chi connectivity index (χ0) is 40.2. The molecular weight excluding hydrogens is 739 g/mol. The molecule has 3 amide bonds. The van der Waals surface area contributed by atoms with Gasteiger partial charge >= 0.3 is 6.09 Å². The molecule has 13 heteroatoms. The van der Waals surface area contributed by atoms with Gasteiger partial charge in [0.1, 0.15) is 11.9 Å². The first-order valence-corrected chi connectivity index (χ1v) is 22.4. The molecule has 3 aliphatic carbocycles. The molecule has 1 aromatic carbocycles. The molecule has 3 saturated heterocycles. The Morgan fingerprint density at radius 1 is 0.947 bits per heavy atom. The minimum absolute atomic E-state index is 0.0506. The third-order valence-electron chi connectivity index (χ3n) is 13.5. The Balaban J connectivity index is 0.000000244. The molecule has 3 unspecified atom stereocenters. The van der Waals surface area contributed by atoms with Gasteiger partial charge in [-0.25, -0.2) is 14.8 Å². The Morgan fingerprint density at radius 3 is 2.28 bits per heavy atom. The zero-order valence-electron chi connectivity index (χ0n) is 34.6. The smallest absolute Gasteiger partial charge is 0.407 e. The number of likely N-dealkylation sites (tertiary alicyclic amines) is 1. The quantitative estimate of drug-likeness (QED) is 0.189. The summed E-state index contributed by atoms with van der Waals surface area (Å²) in [7, 11) is 1.32. The molecule has 6 fully saturated rings. The van der Waals surface area contributed by atoms with E-state index in [0.29, 0.717) is 36.1 Å². The molecule has 0 spiro atoms. The van der Waals surface area contributed by atoms with E-state index in [-0.39, 0.29) is 28.7 Å². The lowest BCUT2D eigenvalue weighted by Crippen LogP contribution is -2.51. The van der Waals surface area contributed by atoms with Gasteiger partial charge in [0.15, 0.2) is 0 Å². The van der Waals surface area contributed by atoms with Crippen LogP contribution in [0.15, 0.2) is 43.0 Å². The maximum Gasteiger partial charge on any atom is 0.407 e. The molecule has 5 heterocycles. The maximum atomic E-state index is 13.5. The van der Waals surface area contributed by atoms with E-state index in [9.17, 15) is 14.4 Å². The fraction of sp³-hybridized carbons (Fsp3) is 0.659. The van der Waals surface area contributed by atoms with Crippen molar-refractivity contribution < 1.29 is 23.9 Å². The molecule has 6 aliphatic rings. The molecule has 9 rings (SSSR count). The first-order chi connectivity index (χ1) is 27.5. The second-order valence-corrected chi connectivity index (χ2v) is 19.0. The number of carbonyl (C=O) groups excluding carboxylic acids is 3. The highest BCUT2D eigenvalue weighted by Crippen LogP contribution is 2.58. The number of benzene rings is 1. The van der Waals surface area contributed by atoms with Crippen LogP contribution in [-0.2, 0) is 29.9 Å². The van der Waals surface area contributed by atoms with Gasteiger partial charge < -0.3 is 34.6 Å². The Bertz CT molecular complexity index is 1780. The van der Waals surface area contributed by atoms with Crippen molar-refractivity contribution in [2.45, 2.75) is 127 Å². The third-order valence-corrected chi connectivity index (χ3v) is 14.9. The molecule has 3 saturated carbocycles. The van der Waals surface area contributed by atoms with E-state index in [1.165, 1.54) is 43.2 Å². The number of aromatic amines is 2. The lowest BCUT2D eigenvalue weighted by Gasteiger charge is -2.53. The largest absolute Gasteiger partial charge is 0.453 e. The summed E-state index contributed by atoms with van der Waals surface area (Å²) in [5, 5.41) is 3.15. The number of H-pyrrole nitrogens is 2. The van der Waals surface area contributed by atoms with Crippen molar-refractivity contribution in [2.24, 2.45) is 17.8 Å². The number of aromatic nitrogens is 4. The number of hydrogen-bond donors (Lipinski definition) is 3. The summed E-state index contributed by atoms with van der Waals surface area (Å²) in [4.78, 5) is 57.5. The Kier molecular flexibility index (Phi) is 13.0. The number of thioether (sulfide) groups is 1. The van der Waals surface area contributed by atoms with Crippen molar-refractivity contribution in [3.8, 4) is 11.3 Å². The monoisotopic (exact) mass is 801 g/mol. The van der Waals surface area contributed by atoms with Crippen LogP contribution < -0.4 is 5.32 Å². The van der Waals surface area contributed by atoms with E-state index in [2.05, 4.69) is 63.3 Å². The van der Waals surface area contributed by atoms with Gasteiger partial charge in [-0.2, -0.15) is 0 Å². The molecular formula is C44H63N7O5S. The highest BCUT2D eigenvalue weighted by Gasteiger charge is 2.51. The van der Waals surface area contributed by atoms with Crippen LogP contribution in [0.1, 0.15) is 121 Å². The number of rotatable bonds is 10. The molecule has 12 nitrogen and oxygen atoms in total. The van der Waals surface area contributed by atoms with E-state index >= 15 is 0 Å². The number of nitrogens with zero attached hydrogens (tertiary/aromatic N) is 4. The predicted octanol–water partition coefficient (Wildman–Crippen LogP) is 7.75. The predicted molar refractivity (Wildman–Crippen MR) is 222 cm³/mol. The number of amides is 3. The first kappa shape index (κ1) is 41.3. The van der Waals surface area contributed by atoms with Crippen molar-refractivity contribution in [3.63, 3.8) is 0 Å². The maximum absolute atomic E-state index is 13.5. The lowest BCUT2D eigenvalue weighted by atomic mass is 9.51. The van der Waals surface area contributed by atoms with Gasteiger partial charge in [-0.3, -0.25) is 9.59 Å². The number of hydrogen-bond acceptors (Lipinski definition) is 8. The van der Waals surface area contributed by atoms with Gasteiger partial charge in [0.2, 0.25) is 11.8 Å². The van der Waals surface area contributed by atoms with Crippen molar-refractivity contribution in [1.82, 2.24) is 35.1 Å². The standard InChI is InChI=1S/C31H40N6O3.C13H23NO2S/c1-20(2)26(36-29(39)40-3)28(38)37-16-4-5-24(37)27-33-18-25(35-27)31-13-10-30(11-14-31,12-15-31)22-8-6-21(7-9-22)23-17-32-19-34-23;1-10(2)9-12(15)14-5-8-17-13(14)11-3-6-16-7-4-11/h6-9,17-20,24,26H,4-5,10-16H2,1-3H3,(H,32,34)(H,33,35)(H,36,39);10-11,13H,3-9H2,1-2H3. The minimum atomic E-state index is -0.626. The summed E-state index contributed by atoms with van der Waals surface area (Å²) in [6.07, 6.45) is 16.7. The zero-order valence-corrected chi connectivity index (χ0v) is 35.4. The topological polar surface area (TPSA) is 146 Å². The SMILES string of the molecule is CC(C)CC(=O)N1CCSC1C1CCOCC1.COC(=O)NC(C(=O)N1CCCC1c1ncc(C23CCC(c4ccc(-c5cnc[nH]5)cc4)(CC2)CC3)[nH]1)C(C)C. The number of fused-ring (bicyclic) bond motifs is 3. The molecule has 2 aromatic heterocycles. The first-order valence-electron chi connectivity index (χ1n) is 21.3. The molecule has 3 aliphatic heterocycles. The van der Waals surface area contributed by atoms with Crippen LogP contribution >= 0.6 is 11.8 Å². The molecule has 0 radical (unpaired) electrons. The molecule has 310 valence electrons. The summed E-state index contributed by atoms with van der Waals surface area (Å²) in [6, 6.07) is 8.34. The summed E-state index contributed by atoms with van der Waals surface area (Å²) >= 11 is 1.96. The number of nitrogens with one attached hydrogen (secondary N) is 3. The van der Waals surface area contributed by atoms with Crippen molar-refractivity contribution in [3.05, 3.63) is 60.1 Å².